The minimum Gasteiger partial charge on any atom is -0.318 e. The third-order valence-electron chi connectivity index (χ3n) is 7.12. The van der Waals surface area contributed by atoms with Gasteiger partial charge in [-0.15, -0.1) is 0 Å². The van der Waals surface area contributed by atoms with Crippen LogP contribution in [0.5, 0.6) is 0 Å². The molecule has 2 saturated carbocycles. The lowest BCUT2D eigenvalue weighted by Gasteiger charge is -2.43. The molecule has 1 aromatic rings. The molecule has 3 rings (SSSR count). The van der Waals surface area contributed by atoms with Crippen molar-refractivity contribution >= 4 is 0 Å². The number of nitrogens with zero attached hydrogens (tertiary/aromatic N) is 2. The summed E-state index contributed by atoms with van der Waals surface area (Å²) >= 11 is 0. The Balaban J connectivity index is 1.76. The van der Waals surface area contributed by atoms with Gasteiger partial charge < -0.3 is 10.2 Å². The van der Waals surface area contributed by atoms with Crippen LogP contribution in [0.2, 0.25) is 0 Å². The van der Waals surface area contributed by atoms with Crippen molar-refractivity contribution in [2.75, 3.05) is 27.2 Å². The Bertz CT molecular complexity index is 519. The number of likely N-dealkylation sites (N-methyl/N-ethyl adjacent to an activating group) is 2. The Morgan fingerprint density at radius 3 is 2.50 bits per heavy atom. The molecule has 0 radical (unpaired) electrons. The van der Waals surface area contributed by atoms with Gasteiger partial charge in [0.1, 0.15) is 0 Å². The monoisotopic (exact) mass is 332 g/mol. The summed E-state index contributed by atoms with van der Waals surface area (Å²) in [5.74, 6) is 0.653. The predicted octanol–water partition coefficient (Wildman–Crippen LogP) is 3.92. The van der Waals surface area contributed by atoms with Crippen molar-refractivity contribution in [1.29, 1.82) is 0 Å². The fourth-order valence-corrected chi connectivity index (χ4v) is 5.53. The molecule has 24 heavy (non-hydrogen) atoms. The van der Waals surface area contributed by atoms with Crippen molar-refractivity contribution in [3.05, 3.63) is 17.5 Å². The van der Waals surface area contributed by atoms with E-state index in [-0.39, 0.29) is 0 Å². The molecule has 2 bridgehead atoms. The van der Waals surface area contributed by atoms with Crippen molar-refractivity contribution in [3.63, 3.8) is 0 Å². The van der Waals surface area contributed by atoms with Crippen LogP contribution in [0.3, 0.4) is 0 Å². The van der Waals surface area contributed by atoms with Crippen LogP contribution in [-0.4, -0.2) is 42.3 Å². The van der Waals surface area contributed by atoms with E-state index in [2.05, 4.69) is 42.4 Å². The van der Waals surface area contributed by atoms with Crippen LogP contribution in [0.15, 0.2) is 6.20 Å². The fourth-order valence-electron chi connectivity index (χ4n) is 5.53. The molecule has 136 valence electrons. The lowest BCUT2D eigenvalue weighted by atomic mass is 9.62. The SMILES string of the molecule is CC[C@]12CC[C@](CC)(C[C@H](c3n[nH]cc3CN(C)CCNC)C1)C2. The van der Waals surface area contributed by atoms with E-state index in [9.17, 15) is 0 Å². The number of aromatic nitrogens is 2. The van der Waals surface area contributed by atoms with Gasteiger partial charge in [-0.2, -0.15) is 5.10 Å². The van der Waals surface area contributed by atoms with E-state index in [4.69, 9.17) is 5.10 Å². The van der Waals surface area contributed by atoms with Crippen molar-refractivity contribution in [1.82, 2.24) is 20.4 Å². The Morgan fingerprint density at radius 1 is 1.25 bits per heavy atom. The molecule has 0 aromatic carbocycles. The smallest absolute Gasteiger partial charge is 0.0698 e. The largest absolute Gasteiger partial charge is 0.318 e. The molecule has 0 aliphatic heterocycles. The van der Waals surface area contributed by atoms with Crippen LogP contribution >= 0.6 is 0 Å². The molecule has 0 unspecified atom stereocenters. The van der Waals surface area contributed by atoms with Gasteiger partial charge in [0, 0.05) is 37.3 Å². The topological polar surface area (TPSA) is 44.0 Å². The summed E-state index contributed by atoms with van der Waals surface area (Å²) in [7, 11) is 4.23. The molecule has 0 spiro atoms. The van der Waals surface area contributed by atoms with Crippen molar-refractivity contribution in [2.45, 2.75) is 71.3 Å². The number of hydrogen-bond donors (Lipinski definition) is 2. The molecule has 3 atom stereocenters. The molecule has 1 heterocycles. The van der Waals surface area contributed by atoms with E-state index in [1.54, 1.807) is 0 Å². The number of H-pyrrole nitrogens is 1. The van der Waals surface area contributed by atoms with Gasteiger partial charge in [0.2, 0.25) is 0 Å². The molecule has 4 heteroatoms. The Labute approximate surface area is 147 Å². The maximum absolute atomic E-state index is 4.73. The summed E-state index contributed by atoms with van der Waals surface area (Å²) in [4.78, 5) is 2.40. The summed E-state index contributed by atoms with van der Waals surface area (Å²) in [5.41, 5.74) is 3.96. The zero-order valence-electron chi connectivity index (χ0n) is 16.1. The van der Waals surface area contributed by atoms with E-state index < -0.39 is 0 Å². The van der Waals surface area contributed by atoms with Crippen molar-refractivity contribution < 1.29 is 0 Å². The normalized spacial score (nSPS) is 32.6. The predicted molar refractivity (Wildman–Crippen MR) is 100 cm³/mol. The Morgan fingerprint density at radius 2 is 1.92 bits per heavy atom. The number of fused-ring (bicyclic) bond motifs is 2. The van der Waals surface area contributed by atoms with Crippen LogP contribution in [0, 0.1) is 10.8 Å². The molecular weight excluding hydrogens is 296 g/mol. The van der Waals surface area contributed by atoms with Gasteiger partial charge in [0.25, 0.3) is 0 Å². The van der Waals surface area contributed by atoms with Crippen LogP contribution < -0.4 is 5.32 Å². The summed E-state index contributed by atoms with van der Waals surface area (Å²) in [6, 6.07) is 0. The highest BCUT2D eigenvalue weighted by Crippen LogP contribution is 2.64. The molecule has 2 N–H and O–H groups in total. The second-order valence-corrected chi connectivity index (χ2v) is 8.63. The molecular formula is C20H36N4. The second kappa shape index (κ2) is 7.17. The molecule has 4 nitrogen and oxygen atoms in total. The van der Waals surface area contributed by atoms with Crippen molar-refractivity contribution in [2.24, 2.45) is 10.8 Å². The highest BCUT2D eigenvalue weighted by atomic mass is 15.1. The zero-order valence-corrected chi connectivity index (χ0v) is 16.1. The van der Waals surface area contributed by atoms with Crippen LogP contribution in [-0.2, 0) is 6.54 Å². The first-order valence-electron chi connectivity index (χ1n) is 9.91. The Hall–Kier alpha value is -0.870. The van der Waals surface area contributed by atoms with Gasteiger partial charge in [-0.25, -0.2) is 0 Å². The minimum absolute atomic E-state index is 0.590. The third kappa shape index (κ3) is 3.41. The van der Waals surface area contributed by atoms with Gasteiger partial charge >= 0.3 is 0 Å². The average molecular weight is 333 g/mol. The maximum Gasteiger partial charge on any atom is 0.0698 e. The third-order valence-corrected chi connectivity index (χ3v) is 7.12. The first-order chi connectivity index (χ1) is 11.6. The minimum atomic E-state index is 0.590. The van der Waals surface area contributed by atoms with Gasteiger partial charge in [0.15, 0.2) is 0 Å². The van der Waals surface area contributed by atoms with Crippen LogP contribution in [0.4, 0.5) is 0 Å². The molecule has 1 aromatic heterocycles. The standard InChI is InChI=1S/C20H36N4/c1-5-19-7-8-20(6-2,15-19)12-16(11-19)18-17(13-22-23-18)14-24(4)10-9-21-3/h13,16,21H,5-12,14-15H2,1-4H3,(H,22,23)/t16-,19+,20-. The lowest BCUT2D eigenvalue weighted by Crippen LogP contribution is -2.32. The first-order valence-corrected chi connectivity index (χ1v) is 9.91. The van der Waals surface area contributed by atoms with Crippen molar-refractivity contribution in [3.8, 4) is 0 Å². The fraction of sp³-hybridized carbons (Fsp3) is 0.850. The van der Waals surface area contributed by atoms with E-state index in [1.165, 1.54) is 56.2 Å². The van der Waals surface area contributed by atoms with E-state index >= 15 is 0 Å². The number of rotatable bonds is 8. The van der Waals surface area contributed by atoms with Crippen LogP contribution in [0.25, 0.3) is 0 Å². The highest BCUT2D eigenvalue weighted by Gasteiger charge is 2.52. The van der Waals surface area contributed by atoms with E-state index in [0.717, 1.165) is 19.6 Å². The molecule has 2 aliphatic rings. The first kappa shape index (κ1) is 17.9. The highest BCUT2D eigenvalue weighted by molar-refractivity contribution is 5.24. The summed E-state index contributed by atoms with van der Waals surface area (Å²) in [6.45, 7) is 7.92. The van der Waals surface area contributed by atoms with Gasteiger partial charge in [-0.1, -0.05) is 26.7 Å². The summed E-state index contributed by atoms with van der Waals surface area (Å²) in [6.07, 6.45) is 11.9. The van der Waals surface area contributed by atoms with Gasteiger partial charge in [-0.3, -0.25) is 5.10 Å². The lowest BCUT2D eigenvalue weighted by molar-refractivity contribution is 0.109. The number of hydrogen-bond acceptors (Lipinski definition) is 3. The maximum atomic E-state index is 4.73. The summed E-state index contributed by atoms with van der Waals surface area (Å²) < 4.78 is 0. The molecule has 0 saturated heterocycles. The van der Waals surface area contributed by atoms with Gasteiger partial charge in [0.05, 0.1) is 5.69 Å². The molecule has 0 amide bonds. The number of nitrogens with one attached hydrogen (secondary N) is 2. The van der Waals surface area contributed by atoms with Crippen LogP contribution in [0.1, 0.15) is 76.0 Å². The van der Waals surface area contributed by atoms with E-state index in [0.29, 0.717) is 16.7 Å². The quantitative estimate of drug-likeness (QED) is 0.758. The molecule has 2 fully saturated rings. The van der Waals surface area contributed by atoms with E-state index in [1.807, 2.05) is 7.05 Å². The number of aromatic amines is 1. The second-order valence-electron chi connectivity index (χ2n) is 8.63. The summed E-state index contributed by atoms with van der Waals surface area (Å²) in [5, 5.41) is 11.1. The molecule has 2 aliphatic carbocycles. The zero-order chi connectivity index (χ0) is 17.2. The van der Waals surface area contributed by atoms with Gasteiger partial charge in [-0.05, 0) is 57.0 Å². The average Bonchev–Trinajstić information content (AvgIpc) is 3.16. The Kier molecular flexibility index (Phi) is 5.36.